The van der Waals surface area contributed by atoms with Crippen LogP contribution >= 0.6 is 43.2 Å². The van der Waals surface area contributed by atoms with E-state index in [9.17, 15) is 13.2 Å². The molecule has 1 amide bonds. The van der Waals surface area contributed by atoms with E-state index in [0.717, 1.165) is 33.9 Å². The molecule has 1 heterocycles. The highest BCUT2D eigenvalue weighted by Gasteiger charge is 2.30. The minimum atomic E-state index is -3.26. The quantitative estimate of drug-likeness (QED) is 0.634. The second-order valence-electron chi connectivity index (χ2n) is 5.66. The van der Waals surface area contributed by atoms with E-state index < -0.39 is 9.84 Å². The Morgan fingerprint density at radius 2 is 1.75 bits per heavy atom. The van der Waals surface area contributed by atoms with Gasteiger partial charge in [0.1, 0.15) is 0 Å². The summed E-state index contributed by atoms with van der Waals surface area (Å²) in [4.78, 5) is 13.1. The summed E-state index contributed by atoms with van der Waals surface area (Å²) in [5.74, 6) is -0.224. The van der Waals surface area contributed by atoms with E-state index in [1.807, 2.05) is 0 Å². The maximum Gasteiger partial charge on any atom is 0.265 e. The van der Waals surface area contributed by atoms with Gasteiger partial charge >= 0.3 is 0 Å². The van der Waals surface area contributed by atoms with Gasteiger partial charge in [0.15, 0.2) is 9.84 Å². The largest absolute Gasteiger partial charge is 0.321 e. The Morgan fingerprint density at radius 1 is 1.12 bits per heavy atom. The molecule has 0 aliphatic heterocycles. The topological polar surface area (TPSA) is 63.2 Å². The van der Waals surface area contributed by atoms with Crippen LogP contribution in [0.1, 0.15) is 35.4 Å². The predicted molar refractivity (Wildman–Crippen MR) is 104 cm³/mol. The fraction of sp³-hybridized carbons (Fsp3) is 0.312. The first-order valence-electron chi connectivity index (χ1n) is 7.48. The summed E-state index contributed by atoms with van der Waals surface area (Å²) in [6.07, 6.45) is 3.43. The lowest BCUT2D eigenvalue weighted by molar-refractivity contribution is 0.103. The number of anilines is 1. The molecule has 2 aromatic rings. The number of benzene rings is 1. The van der Waals surface area contributed by atoms with Crippen LogP contribution in [0, 0.1) is 0 Å². The van der Waals surface area contributed by atoms with Gasteiger partial charge in [-0.3, -0.25) is 4.79 Å². The van der Waals surface area contributed by atoms with Crippen LogP contribution in [-0.2, 0) is 9.84 Å². The fourth-order valence-corrected chi connectivity index (χ4v) is 6.56. The molecule has 0 radical (unpaired) electrons. The van der Waals surface area contributed by atoms with Crippen LogP contribution < -0.4 is 5.32 Å². The van der Waals surface area contributed by atoms with Crippen molar-refractivity contribution in [3.8, 4) is 0 Å². The first kappa shape index (κ1) is 18.1. The average Bonchev–Trinajstić information content (AvgIpc) is 3.19. The third kappa shape index (κ3) is 3.76. The van der Waals surface area contributed by atoms with Crippen LogP contribution in [-0.4, -0.2) is 19.6 Å². The Bertz CT molecular complexity index is 834. The van der Waals surface area contributed by atoms with Crippen molar-refractivity contribution in [2.45, 2.75) is 35.8 Å². The van der Waals surface area contributed by atoms with Gasteiger partial charge in [-0.15, -0.1) is 11.3 Å². The summed E-state index contributed by atoms with van der Waals surface area (Å²) < 4.78 is 26.7. The molecule has 1 saturated carbocycles. The van der Waals surface area contributed by atoms with Crippen molar-refractivity contribution in [3.05, 3.63) is 43.5 Å². The summed E-state index contributed by atoms with van der Waals surface area (Å²) in [5.41, 5.74) is 0.575. The third-order valence-electron chi connectivity index (χ3n) is 4.05. The molecule has 0 unspecified atom stereocenters. The van der Waals surface area contributed by atoms with Crippen molar-refractivity contribution < 1.29 is 13.2 Å². The van der Waals surface area contributed by atoms with Crippen LogP contribution in [0.4, 0.5) is 5.69 Å². The van der Waals surface area contributed by atoms with E-state index in [1.54, 1.807) is 30.3 Å². The number of halogens is 2. The van der Waals surface area contributed by atoms with Crippen molar-refractivity contribution in [1.82, 2.24) is 0 Å². The molecule has 3 rings (SSSR count). The number of carbonyl (C=O) groups is 1. The number of thiophene rings is 1. The first-order valence-corrected chi connectivity index (χ1v) is 11.4. The number of carbonyl (C=O) groups excluding carboxylic acids is 1. The van der Waals surface area contributed by atoms with Crippen molar-refractivity contribution in [2.75, 3.05) is 5.32 Å². The number of hydrogen-bond donors (Lipinski definition) is 1. The molecule has 0 bridgehead atoms. The summed E-state index contributed by atoms with van der Waals surface area (Å²) >= 11 is 8.04. The SMILES string of the molecule is O=C(Nc1ccc(S(=O)(=O)C2CCCC2)cc1)c1cc(Br)c(Br)s1. The van der Waals surface area contributed by atoms with Crippen LogP contribution in [0.25, 0.3) is 0 Å². The van der Waals surface area contributed by atoms with Gasteiger partial charge in [0.05, 0.1) is 18.8 Å². The zero-order valence-corrected chi connectivity index (χ0v) is 17.4. The lowest BCUT2D eigenvalue weighted by Crippen LogP contribution is -2.17. The van der Waals surface area contributed by atoms with Gasteiger partial charge < -0.3 is 5.32 Å². The number of nitrogens with one attached hydrogen (secondary N) is 1. The van der Waals surface area contributed by atoms with Crippen molar-refractivity contribution in [3.63, 3.8) is 0 Å². The van der Waals surface area contributed by atoms with E-state index in [4.69, 9.17) is 0 Å². The van der Waals surface area contributed by atoms with Crippen molar-refractivity contribution in [2.24, 2.45) is 0 Å². The molecule has 8 heteroatoms. The zero-order valence-electron chi connectivity index (χ0n) is 12.6. The number of amides is 1. The van der Waals surface area contributed by atoms with Crippen LogP contribution in [0.3, 0.4) is 0 Å². The number of hydrogen-bond acceptors (Lipinski definition) is 4. The lowest BCUT2D eigenvalue weighted by atomic mass is 10.3. The van der Waals surface area contributed by atoms with Gasteiger partial charge in [-0.05, 0) is 75.0 Å². The highest BCUT2D eigenvalue weighted by Crippen LogP contribution is 2.33. The standard InChI is InChI=1S/C16H15Br2NO3S2/c17-13-9-14(23-15(13)18)16(20)19-10-5-7-12(8-6-10)24(21,22)11-3-1-2-4-11/h5-9,11H,1-4H2,(H,19,20). The molecule has 1 N–H and O–H groups in total. The zero-order chi connectivity index (χ0) is 17.3. The molecule has 0 spiro atoms. The first-order chi connectivity index (χ1) is 11.4. The van der Waals surface area contributed by atoms with Crippen LogP contribution in [0.5, 0.6) is 0 Å². The summed E-state index contributed by atoms with van der Waals surface area (Å²) in [6.45, 7) is 0. The fourth-order valence-electron chi connectivity index (χ4n) is 2.77. The van der Waals surface area contributed by atoms with Crippen LogP contribution in [0.2, 0.25) is 0 Å². The monoisotopic (exact) mass is 491 g/mol. The molecule has 1 fully saturated rings. The highest BCUT2D eigenvalue weighted by atomic mass is 79.9. The second kappa shape index (κ2) is 7.27. The maximum absolute atomic E-state index is 12.5. The van der Waals surface area contributed by atoms with Gasteiger partial charge in [0.25, 0.3) is 5.91 Å². The van der Waals surface area contributed by atoms with E-state index in [2.05, 4.69) is 37.2 Å². The van der Waals surface area contributed by atoms with Crippen molar-refractivity contribution in [1.29, 1.82) is 0 Å². The molecule has 0 saturated heterocycles. The van der Waals surface area contributed by atoms with E-state index >= 15 is 0 Å². The molecular weight excluding hydrogens is 478 g/mol. The minimum absolute atomic E-state index is 0.224. The molecular formula is C16H15Br2NO3S2. The van der Waals surface area contributed by atoms with E-state index in [-0.39, 0.29) is 11.2 Å². The molecule has 24 heavy (non-hydrogen) atoms. The van der Waals surface area contributed by atoms with Crippen LogP contribution in [0.15, 0.2) is 43.5 Å². The Kier molecular flexibility index (Phi) is 5.48. The number of rotatable bonds is 4. The molecule has 1 aliphatic carbocycles. The minimum Gasteiger partial charge on any atom is -0.321 e. The molecule has 4 nitrogen and oxygen atoms in total. The lowest BCUT2D eigenvalue weighted by Gasteiger charge is -2.11. The molecule has 0 atom stereocenters. The maximum atomic E-state index is 12.5. The molecule has 128 valence electrons. The highest BCUT2D eigenvalue weighted by molar-refractivity contribution is 9.13. The smallest absolute Gasteiger partial charge is 0.265 e. The summed E-state index contributed by atoms with van der Waals surface area (Å²) in [6, 6.07) is 8.16. The number of sulfone groups is 1. The third-order valence-corrected chi connectivity index (χ3v) is 9.58. The average molecular weight is 493 g/mol. The Balaban J connectivity index is 1.73. The Labute approximate surface area is 161 Å². The van der Waals surface area contributed by atoms with Gasteiger partial charge in [-0.1, -0.05) is 12.8 Å². The van der Waals surface area contributed by atoms with Gasteiger partial charge in [0, 0.05) is 10.2 Å². The van der Waals surface area contributed by atoms with E-state index in [0.29, 0.717) is 15.5 Å². The second-order valence-corrected chi connectivity index (χ2v) is 11.1. The predicted octanol–water partition coefficient (Wildman–Crippen LogP) is 5.24. The Morgan fingerprint density at radius 3 is 2.29 bits per heavy atom. The molecule has 1 aromatic carbocycles. The van der Waals surface area contributed by atoms with Gasteiger partial charge in [-0.2, -0.15) is 0 Å². The summed E-state index contributed by atoms with van der Waals surface area (Å²) in [5, 5.41) is 2.52. The molecule has 1 aromatic heterocycles. The van der Waals surface area contributed by atoms with Gasteiger partial charge in [0.2, 0.25) is 0 Å². The van der Waals surface area contributed by atoms with Gasteiger partial charge in [-0.25, -0.2) is 8.42 Å². The van der Waals surface area contributed by atoms with Crippen molar-refractivity contribution >= 4 is 64.6 Å². The molecule has 1 aliphatic rings. The summed E-state index contributed by atoms with van der Waals surface area (Å²) in [7, 11) is -3.26. The normalized spacial score (nSPS) is 15.6. The van der Waals surface area contributed by atoms with E-state index in [1.165, 1.54) is 11.3 Å². The Hall–Kier alpha value is -0.700.